The number of benzene rings is 1. The van der Waals surface area contributed by atoms with E-state index in [9.17, 15) is 14.0 Å². The molecule has 2 aromatic rings. The minimum absolute atomic E-state index is 0.180. The van der Waals surface area contributed by atoms with Crippen LogP contribution in [0.3, 0.4) is 0 Å². The summed E-state index contributed by atoms with van der Waals surface area (Å²) in [4.78, 5) is 24.3. The number of carboxylic acid groups (broad SMARTS) is 1. The summed E-state index contributed by atoms with van der Waals surface area (Å²) in [6.45, 7) is 0.629. The molecular weight excluding hydrogens is 293 g/mol. The molecule has 108 valence electrons. The highest BCUT2D eigenvalue weighted by atomic mass is 32.2. The topological polar surface area (TPSA) is 59.3 Å². The number of hydrogen-bond donors (Lipinski definition) is 1. The fourth-order valence-corrected chi connectivity index (χ4v) is 4.26. The number of nitrogens with zero attached hydrogens (tertiary/aromatic N) is 1. The summed E-state index contributed by atoms with van der Waals surface area (Å²) in [5, 5.41) is 9.32. The van der Waals surface area contributed by atoms with E-state index in [0.29, 0.717) is 17.6 Å². The molecule has 0 radical (unpaired) electrons. The van der Waals surface area contributed by atoms with Crippen LogP contribution in [0.2, 0.25) is 0 Å². The van der Waals surface area contributed by atoms with Crippen LogP contribution in [0.1, 0.15) is 34.7 Å². The molecule has 1 aromatic carbocycles. The highest BCUT2D eigenvalue weighted by Gasteiger charge is 2.33. The molecule has 0 saturated heterocycles. The maximum Gasteiger partial charge on any atom is 0.341 e. The first-order chi connectivity index (χ1) is 10.1. The molecule has 1 aromatic heterocycles. The second-order valence-corrected chi connectivity index (χ2v) is 6.60. The van der Waals surface area contributed by atoms with E-state index in [1.54, 1.807) is 16.3 Å². The zero-order valence-corrected chi connectivity index (χ0v) is 11.9. The molecule has 0 amide bonds. The Morgan fingerprint density at radius 1 is 1.43 bits per heavy atom. The van der Waals surface area contributed by atoms with Gasteiger partial charge in [-0.05, 0) is 24.8 Å². The molecule has 0 unspecified atom stereocenters. The molecule has 4 rings (SSSR count). The number of carbonyl (C=O) groups is 1. The molecule has 1 fully saturated rings. The van der Waals surface area contributed by atoms with Gasteiger partial charge in [0.2, 0.25) is 5.43 Å². The Kier molecular flexibility index (Phi) is 2.66. The zero-order valence-electron chi connectivity index (χ0n) is 11.1. The lowest BCUT2D eigenvalue weighted by atomic mass is 10.0. The third-order valence-electron chi connectivity index (χ3n) is 4.10. The molecule has 21 heavy (non-hydrogen) atoms. The Morgan fingerprint density at radius 3 is 2.86 bits per heavy atom. The normalized spacial score (nSPS) is 17.2. The Bertz CT molecular complexity index is 854. The maximum absolute atomic E-state index is 14.4. The first-order valence-corrected chi connectivity index (χ1v) is 7.82. The molecule has 6 heteroatoms. The van der Waals surface area contributed by atoms with Gasteiger partial charge < -0.3 is 9.67 Å². The Balaban J connectivity index is 2.16. The number of aromatic carboxylic acids is 1. The van der Waals surface area contributed by atoms with E-state index in [1.807, 2.05) is 0 Å². The number of carboxylic acids is 1. The summed E-state index contributed by atoms with van der Waals surface area (Å²) >= 11 is 1.57. The first kappa shape index (κ1) is 12.9. The smallest absolute Gasteiger partial charge is 0.341 e. The van der Waals surface area contributed by atoms with Crippen LogP contribution in [-0.4, -0.2) is 21.4 Å². The maximum atomic E-state index is 14.4. The number of pyridine rings is 1. The summed E-state index contributed by atoms with van der Waals surface area (Å²) in [6, 6.07) is 1.23. The monoisotopic (exact) mass is 305 g/mol. The first-order valence-electron chi connectivity index (χ1n) is 6.83. The van der Waals surface area contributed by atoms with Crippen LogP contribution >= 0.6 is 11.8 Å². The lowest BCUT2D eigenvalue weighted by Crippen LogP contribution is -2.22. The van der Waals surface area contributed by atoms with Gasteiger partial charge in [-0.2, -0.15) is 0 Å². The Labute approximate surface area is 123 Å². The molecule has 2 aliphatic rings. The van der Waals surface area contributed by atoms with Gasteiger partial charge in [-0.15, -0.1) is 11.8 Å². The van der Waals surface area contributed by atoms with E-state index >= 15 is 0 Å². The number of hydrogen-bond acceptors (Lipinski definition) is 3. The van der Waals surface area contributed by atoms with Gasteiger partial charge in [-0.3, -0.25) is 4.79 Å². The van der Waals surface area contributed by atoms with Gasteiger partial charge in [0.15, 0.2) is 0 Å². The summed E-state index contributed by atoms with van der Waals surface area (Å²) in [5.74, 6) is -0.636. The van der Waals surface area contributed by atoms with Crippen molar-refractivity contribution in [3.8, 4) is 0 Å². The van der Waals surface area contributed by atoms with Crippen LogP contribution in [0.5, 0.6) is 0 Å². The molecule has 2 heterocycles. The highest BCUT2D eigenvalue weighted by molar-refractivity contribution is 7.99. The molecule has 1 N–H and O–H groups in total. The van der Waals surface area contributed by atoms with E-state index in [4.69, 9.17) is 5.11 Å². The molecule has 0 spiro atoms. The highest BCUT2D eigenvalue weighted by Crippen LogP contribution is 2.48. The van der Waals surface area contributed by atoms with Gasteiger partial charge in [0.25, 0.3) is 0 Å². The van der Waals surface area contributed by atoms with E-state index in [1.165, 1.54) is 12.3 Å². The second kappa shape index (κ2) is 4.34. The lowest BCUT2D eigenvalue weighted by Gasteiger charge is -2.22. The largest absolute Gasteiger partial charge is 0.477 e. The molecule has 1 aliphatic carbocycles. The van der Waals surface area contributed by atoms with Crippen molar-refractivity contribution in [3.63, 3.8) is 0 Å². The molecule has 0 atom stereocenters. The van der Waals surface area contributed by atoms with E-state index in [2.05, 4.69) is 0 Å². The van der Waals surface area contributed by atoms with Crippen molar-refractivity contribution in [3.05, 3.63) is 39.4 Å². The van der Waals surface area contributed by atoms with Crippen LogP contribution in [0.4, 0.5) is 4.39 Å². The quantitative estimate of drug-likeness (QED) is 0.927. The zero-order chi connectivity index (χ0) is 14.7. The minimum atomic E-state index is -1.27. The summed E-state index contributed by atoms with van der Waals surface area (Å²) in [6.07, 6.45) is 3.35. The Hall–Kier alpha value is -1.82. The predicted molar refractivity (Wildman–Crippen MR) is 77.8 cm³/mol. The van der Waals surface area contributed by atoms with Crippen molar-refractivity contribution < 1.29 is 14.3 Å². The number of thioether (sulfide) groups is 1. The van der Waals surface area contributed by atoms with Crippen molar-refractivity contribution in [2.24, 2.45) is 0 Å². The Morgan fingerprint density at radius 2 is 2.19 bits per heavy atom. The molecule has 1 aliphatic heterocycles. The molecule has 0 bridgehead atoms. The fraction of sp³-hybridized carbons (Fsp3) is 0.333. The van der Waals surface area contributed by atoms with Crippen molar-refractivity contribution in [1.29, 1.82) is 0 Å². The van der Waals surface area contributed by atoms with Crippen LogP contribution < -0.4 is 5.43 Å². The van der Waals surface area contributed by atoms with Crippen molar-refractivity contribution in [1.82, 2.24) is 4.57 Å². The lowest BCUT2D eigenvalue weighted by molar-refractivity contribution is 0.0695. The predicted octanol–water partition coefficient (Wildman–Crippen LogP) is 2.82. The standard InChI is InChI=1S/C15H12FNO3S/c16-10-5-8-12-14(11(10)7-1-2-7)21-4-3-17(12)6-9(13(8)18)15(19)20/h5-7H,1-4H2,(H,19,20). The van der Waals surface area contributed by atoms with Gasteiger partial charge >= 0.3 is 5.97 Å². The third-order valence-corrected chi connectivity index (χ3v) is 5.19. The van der Waals surface area contributed by atoms with Crippen LogP contribution in [0.25, 0.3) is 10.9 Å². The van der Waals surface area contributed by atoms with E-state index in [-0.39, 0.29) is 22.7 Å². The number of rotatable bonds is 2. The molecule has 4 nitrogen and oxygen atoms in total. The van der Waals surface area contributed by atoms with Gasteiger partial charge in [-0.25, -0.2) is 9.18 Å². The van der Waals surface area contributed by atoms with E-state index < -0.39 is 11.4 Å². The SMILES string of the molecule is O=C(O)c1cn2c3c(c(C4CC4)c(F)cc3c1=O)SCC2. The van der Waals surface area contributed by atoms with Crippen molar-refractivity contribution >= 4 is 28.6 Å². The van der Waals surface area contributed by atoms with Crippen molar-refractivity contribution in [2.75, 3.05) is 5.75 Å². The van der Waals surface area contributed by atoms with Crippen LogP contribution in [-0.2, 0) is 6.54 Å². The van der Waals surface area contributed by atoms with Crippen LogP contribution in [0.15, 0.2) is 22.0 Å². The molecular formula is C15H12FNO3S. The van der Waals surface area contributed by atoms with Crippen molar-refractivity contribution in [2.45, 2.75) is 30.2 Å². The fourth-order valence-electron chi connectivity index (χ4n) is 2.99. The van der Waals surface area contributed by atoms with Gasteiger partial charge in [0.1, 0.15) is 11.4 Å². The number of halogens is 1. The van der Waals surface area contributed by atoms with Gasteiger partial charge in [-0.1, -0.05) is 0 Å². The van der Waals surface area contributed by atoms with E-state index in [0.717, 1.165) is 23.5 Å². The average molecular weight is 305 g/mol. The number of aromatic nitrogens is 1. The third kappa shape index (κ3) is 1.82. The number of aryl methyl sites for hydroxylation is 1. The average Bonchev–Trinajstić information content (AvgIpc) is 3.26. The van der Waals surface area contributed by atoms with Crippen LogP contribution in [0, 0.1) is 5.82 Å². The summed E-state index contributed by atoms with van der Waals surface area (Å²) < 4.78 is 16.2. The minimum Gasteiger partial charge on any atom is -0.477 e. The summed E-state index contributed by atoms with van der Waals surface area (Å²) in [5.41, 5.74) is 0.519. The summed E-state index contributed by atoms with van der Waals surface area (Å²) in [7, 11) is 0. The second-order valence-electron chi connectivity index (χ2n) is 5.49. The van der Waals surface area contributed by atoms with Gasteiger partial charge in [0.05, 0.1) is 10.9 Å². The molecule has 1 saturated carbocycles. The van der Waals surface area contributed by atoms with Gasteiger partial charge in [0, 0.05) is 29.0 Å².